The minimum atomic E-state index is -1.94. The van der Waals surface area contributed by atoms with Gasteiger partial charge in [-0.2, -0.15) is 0 Å². The maximum Gasteiger partial charge on any atom is 0.311 e. The maximum absolute atomic E-state index is 6.40. The molecule has 0 bridgehead atoms. The van der Waals surface area contributed by atoms with Crippen LogP contribution in [0.4, 0.5) is 0 Å². The standard InChI is InChI=1S/C10H30O3Si4/c1-11-14-9-10-16(5,6)13-17(7,8)12-15(2,3)4/h9-10,14H2,1-8H3. The molecule has 0 saturated heterocycles. The van der Waals surface area contributed by atoms with E-state index in [1.807, 2.05) is 7.11 Å². The molecule has 3 nitrogen and oxygen atoms in total. The summed E-state index contributed by atoms with van der Waals surface area (Å²) in [5.74, 6) is 0. The molecule has 0 fully saturated rings. The molecule has 0 atom stereocenters. The number of rotatable bonds is 8. The van der Waals surface area contributed by atoms with Crippen LogP contribution in [-0.4, -0.2) is 42.1 Å². The quantitative estimate of drug-likeness (QED) is 0.510. The third-order valence-electron chi connectivity index (χ3n) is 2.20. The average Bonchev–Trinajstić information content (AvgIpc) is 1.96. The van der Waals surface area contributed by atoms with Gasteiger partial charge in [-0.1, -0.05) is 0 Å². The molecule has 0 aliphatic heterocycles. The maximum atomic E-state index is 6.40. The summed E-state index contributed by atoms with van der Waals surface area (Å²) in [7, 11) is -3.48. The Morgan fingerprint density at radius 3 is 1.82 bits per heavy atom. The molecule has 7 heteroatoms. The van der Waals surface area contributed by atoms with Gasteiger partial charge in [-0.15, -0.1) is 0 Å². The minimum absolute atomic E-state index is 0.307. The van der Waals surface area contributed by atoms with Gasteiger partial charge < -0.3 is 12.7 Å². The monoisotopic (exact) mass is 310 g/mol. The first-order valence-corrected chi connectivity index (χ1v) is 17.3. The summed E-state index contributed by atoms with van der Waals surface area (Å²) in [6, 6.07) is 2.44. The highest BCUT2D eigenvalue weighted by molar-refractivity contribution is 6.87. The van der Waals surface area contributed by atoms with E-state index >= 15 is 0 Å². The molecule has 104 valence electrons. The van der Waals surface area contributed by atoms with E-state index in [0.29, 0.717) is 0 Å². The van der Waals surface area contributed by atoms with Crippen LogP contribution in [-0.2, 0) is 12.7 Å². The molecule has 0 radical (unpaired) electrons. The van der Waals surface area contributed by atoms with Crippen molar-refractivity contribution in [2.24, 2.45) is 0 Å². The molecule has 0 spiro atoms. The summed E-state index contributed by atoms with van der Waals surface area (Å²) in [6.07, 6.45) is 0. The van der Waals surface area contributed by atoms with Gasteiger partial charge >= 0.3 is 8.56 Å². The van der Waals surface area contributed by atoms with Crippen molar-refractivity contribution in [2.45, 2.75) is 57.9 Å². The Hall–Kier alpha value is 0.748. The SMILES string of the molecule is CO[SiH2]CC[Si](C)(C)O[Si](C)(C)O[Si](C)(C)C. The van der Waals surface area contributed by atoms with Crippen LogP contribution in [0.15, 0.2) is 0 Å². The van der Waals surface area contributed by atoms with Crippen LogP contribution >= 0.6 is 0 Å². The van der Waals surface area contributed by atoms with Gasteiger partial charge in [-0.25, -0.2) is 0 Å². The highest BCUT2D eigenvalue weighted by Gasteiger charge is 2.37. The molecule has 0 aromatic carbocycles. The molecule has 0 unspecified atom stereocenters. The van der Waals surface area contributed by atoms with Crippen molar-refractivity contribution < 1.29 is 12.7 Å². The number of hydrogen-bond acceptors (Lipinski definition) is 3. The van der Waals surface area contributed by atoms with Gasteiger partial charge in [0.15, 0.2) is 26.4 Å². The van der Waals surface area contributed by atoms with Crippen LogP contribution in [0.3, 0.4) is 0 Å². The fourth-order valence-electron chi connectivity index (χ4n) is 2.12. The lowest BCUT2D eigenvalue weighted by atomic mass is 10.9. The third kappa shape index (κ3) is 10.4. The first-order chi connectivity index (χ1) is 7.47. The molecule has 0 N–H and O–H groups in total. The van der Waals surface area contributed by atoms with E-state index in [4.69, 9.17) is 12.7 Å². The molecule has 0 heterocycles. The molecule has 0 aliphatic carbocycles. The first-order valence-electron chi connectivity index (χ1n) is 6.37. The molecule has 0 saturated carbocycles. The molecular formula is C10H30O3Si4. The Morgan fingerprint density at radius 2 is 1.41 bits per heavy atom. The predicted octanol–water partition coefficient (Wildman–Crippen LogP) is 2.91. The Kier molecular flexibility index (Phi) is 7.08. The van der Waals surface area contributed by atoms with Gasteiger partial charge in [-0.05, 0) is 57.9 Å². The molecule has 0 aromatic rings. The minimum Gasteiger partial charge on any atom is -0.437 e. The predicted molar refractivity (Wildman–Crippen MR) is 85.6 cm³/mol. The zero-order chi connectivity index (χ0) is 13.7. The summed E-state index contributed by atoms with van der Waals surface area (Å²) < 4.78 is 17.9. The second-order valence-electron chi connectivity index (χ2n) is 6.57. The lowest BCUT2D eigenvalue weighted by Gasteiger charge is -2.37. The largest absolute Gasteiger partial charge is 0.437 e. The molecule has 0 rings (SSSR count). The zero-order valence-corrected chi connectivity index (χ0v) is 17.3. The average molecular weight is 311 g/mol. The van der Waals surface area contributed by atoms with E-state index in [9.17, 15) is 0 Å². The van der Waals surface area contributed by atoms with Crippen LogP contribution in [0.25, 0.3) is 0 Å². The molecular weight excluding hydrogens is 280 g/mol. The van der Waals surface area contributed by atoms with Crippen LogP contribution in [0.2, 0.25) is 57.9 Å². The number of hydrogen-bond donors (Lipinski definition) is 0. The lowest BCUT2D eigenvalue weighted by molar-refractivity contribution is 0.391. The first kappa shape index (κ1) is 17.7. The van der Waals surface area contributed by atoms with Gasteiger partial charge in [0, 0.05) is 7.11 Å². The van der Waals surface area contributed by atoms with Crippen LogP contribution in [0.5, 0.6) is 0 Å². The van der Waals surface area contributed by atoms with Crippen molar-refractivity contribution in [1.29, 1.82) is 0 Å². The van der Waals surface area contributed by atoms with E-state index < -0.39 is 25.2 Å². The smallest absolute Gasteiger partial charge is 0.311 e. The van der Waals surface area contributed by atoms with Crippen molar-refractivity contribution in [3.63, 3.8) is 0 Å². The molecule has 17 heavy (non-hydrogen) atoms. The van der Waals surface area contributed by atoms with E-state index in [1.165, 1.54) is 12.1 Å². The summed E-state index contributed by atoms with van der Waals surface area (Å²) in [5, 5.41) is 0. The topological polar surface area (TPSA) is 27.7 Å². The van der Waals surface area contributed by atoms with Gasteiger partial charge in [0.1, 0.15) is 0 Å². The van der Waals surface area contributed by atoms with Gasteiger partial charge in [-0.3, -0.25) is 0 Å². The normalized spacial score (nSPS) is 14.8. The summed E-state index contributed by atoms with van der Waals surface area (Å²) >= 11 is 0. The van der Waals surface area contributed by atoms with Gasteiger partial charge in [0.25, 0.3) is 0 Å². The van der Waals surface area contributed by atoms with Crippen molar-refractivity contribution in [3.8, 4) is 0 Å². The lowest BCUT2D eigenvalue weighted by Crippen LogP contribution is -2.51. The Balaban J connectivity index is 4.27. The zero-order valence-electron chi connectivity index (χ0n) is 12.8. The highest BCUT2D eigenvalue weighted by Crippen LogP contribution is 2.23. The summed E-state index contributed by atoms with van der Waals surface area (Å²) in [6.45, 7) is 15.7. The van der Waals surface area contributed by atoms with Crippen molar-refractivity contribution >= 4 is 35.0 Å². The van der Waals surface area contributed by atoms with E-state index in [-0.39, 0.29) is 9.76 Å². The van der Waals surface area contributed by atoms with E-state index in [2.05, 4.69) is 45.8 Å². The van der Waals surface area contributed by atoms with Crippen molar-refractivity contribution in [3.05, 3.63) is 0 Å². The highest BCUT2D eigenvalue weighted by atomic mass is 28.5. The van der Waals surface area contributed by atoms with Crippen molar-refractivity contribution in [1.82, 2.24) is 0 Å². The second kappa shape index (κ2) is 6.78. The van der Waals surface area contributed by atoms with E-state index in [1.54, 1.807) is 0 Å². The van der Waals surface area contributed by atoms with Crippen LogP contribution < -0.4 is 0 Å². The second-order valence-corrected chi connectivity index (χ2v) is 20.9. The fourth-order valence-corrected chi connectivity index (χ4v) is 18.6. The Bertz CT molecular complexity index is 226. The fraction of sp³-hybridized carbons (Fsp3) is 1.00. The van der Waals surface area contributed by atoms with Gasteiger partial charge in [0.05, 0.1) is 0 Å². The van der Waals surface area contributed by atoms with E-state index in [0.717, 1.165) is 0 Å². The Morgan fingerprint density at radius 1 is 0.882 bits per heavy atom. The van der Waals surface area contributed by atoms with Crippen LogP contribution in [0.1, 0.15) is 0 Å². The summed E-state index contributed by atoms with van der Waals surface area (Å²) in [5.41, 5.74) is 0. The van der Waals surface area contributed by atoms with Crippen LogP contribution in [0, 0.1) is 0 Å². The Labute approximate surface area is 113 Å². The summed E-state index contributed by atoms with van der Waals surface area (Å²) in [4.78, 5) is 0. The van der Waals surface area contributed by atoms with Gasteiger partial charge in [0.2, 0.25) is 0 Å². The third-order valence-corrected chi connectivity index (χ3v) is 14.1. The molecule has 0 aliphatic rings. The molecule has 0 amide bonds. The molecule has 0 aromatic heterocycles. The van der Waals surface area contributed by atoms with Crippen molar-refractivity contribution in [2.75, 3.05) is 7.11 Å².